The molecule has 2 atom stereocenters. The lowest BCUT2D eigenvalue weighted by atomic mass is 10.1. The molecule has 144 valence electrons. The fraction of sp³-hybridized carbons (Fsp3) is 0.333. The molecule has 0 N–H and O–H groups in total. The molecule has 0 saturated carbocycles. The van der Waals surface area contributed by atoms with Crippen molar-refractivity contribution < 1.29 is 9.53 Å². The molecule has 1 aromatic carbocycles. The van der Waals surface area contributed by atoms with Crippen LogP contribution in [0.1, 0.15) is 15.2 Å². The Kier molecular flexibility index (Phi) is 4.21. The molecule has 0 spiro atoms. The summed E-state index contributed by atoms with van der Waals surface area (Å²) in [6.07, 6.45) is 3.76. The van der Waals surface area contributed by atoms with Gasteiger partial charge in [-0.25, -0.2) is 0 Å². The molecule has 2 unspecified atom stereocenters. The molecule has 2 aromatic heterocycles. The highest BCUT2D eigenvalue weighted by Crippen LogP contribution is 2.34. The number of fused-ring (bicyclic) bond motifs is 2. The van der Waals surface area contributed by atoms with Crippen LogP contribution in [0.25, 0.3) is 11.1 Å². The van der Waals surface area contributed by atoms with Crippen LogP contribution in [0.3, 0.4) is 0 Å². The van der Waals surface area contributed by atoms with Crippen molar-refractivity contribution in [2.75, 3.05) is 20.1 Å². The maximum Gasteiger partial charge on any atom is 0.257 e. The third-order valence-electron chi connectivity index (χ3n) is 5.62. The molecule has 5 rings (SSSR count). The van der Waals surface area contributed by atoms with Gasteiger partial charge in [0, 0.05) is 50.4 Å². The number of carbonyl (C=O) groups is 1. The third-order valence-corrected chi connectivity index (χ3v) is 6.48. The number of likely N-dealkylation sites (tertiary alicyclic amines) is 1. The lowest BCUT2D eigenvalue weighted by Gasteiger charge is -2.25. The number of hydrogen-bond donors (Lipinski definition) is 0. The lowest BCUT2D eigenvalue weighted by Crippen LogP contribution is -2.44. The Morgan fingerprint density at radius 1 is 1.21 bits per heavy atom. The van der Waals surface area contributed by atoms with Gasteiger partial charge in [0.05, 0.1) is 17.8 Å². The minimum absolute atomic E-state index is 0.0261. The molecule has 1 fully saturated rings. The minimum Gasteiger partial charge on any atom is -0.486 e. The summed E-state index contributed by atoms with van der Waals surface area (Å²) in [4.78, 5) is 18.6. The standard InChI is InChI=1S/C21H22N4O2S/c1-23-10-15(9-22-23)14-5-6-17-19(8-14)27-20-13-25(11-16-4-3-7-28-16)12-18(20)24(2)21(17)26/h3-10,18,20H,11-13H2,1-2H3. The molecule has 0 bridgehead atoms. The topological polar surface area (TPSA) is 50.6 Å². The number of rotatable bonds is 3. The average Bonchev–Trinajstić information content (AvgIpc) is 3.42. The molecule has 2 aliphatic rings. The summed E-state index contributed by atoms with van der Waals surface area (Å²) in [5, 5.41) is 6.35. The smallest absolute Gasteiger partial charge is 0.257 e. The predicted octanol–water partition coefficient (Wildman–Crippen LogP) is 2.87. The Morgan fingerprint density at radius 2 is 2.11 bits per heavy atom. The SMILES string of the molecule is CN1C(=O)c2ccc(-c3cnn(C)c3)cc2OC2CN(Cc3cccs3)CC21. The van der Waals surface area contributed by atoms with E-state index in [4.69, 9.17) is 4.74 Å². The van der Waals surface area contributed by atoms with Gasteiger partial charge in [-0.1, -0.05) is 12.1 Å². The normalized spacial score (nSPS) is 21.9. The van der Waals surface area contributed by atoms with Crippen molar-refractivity contribution in [1.29, 1.82) is 0 Å². The molecule has 1 amide bonds. The van der Waals surface area contributed by atoms with Crippen LogP contribution in [0.4, 0.5) is 0 Å². The molecule has 6 nitrogen and oxygen atoms in total. The Morgan fingerprint density at radius 3 is 2.86 bits per heavy atom. The van der Waals surface area contributed by atoms with Crippen LogP contribution in [0.5, 0.6) is 5.75 Å². The number of ether oxygens (including phenoxy) is 1. The fourth-order valence-corrected chi connectivity index (χ4v) is 4.87. The number of likely N-dealkylation sites (N-methyl/N-ethyl adjacent to an activating group) is 1. The van der Waals surface area contributed by atoms with E-state index in [2.05, 4.69) is 27.5 Å². The summed E-state index contributed by atoms with van der Waals surface area (Å²) in [7, 11) is 3.79. The predicted molar refractivity (Wildman–Crippen MR) is 109 cm³/mol. The molecule has 3 aromatic rings. The van der Waals surface area contributed by atoms with E-state index in [1.165, 1.54) is 4.88 Å². The first-order valence-corrected chi connectivity index (χ1v) is 10.3. The van der Waals surface area contributed by atoms with Gasteiger partial charge in [0.25, 0.3) is 5.91 Å². The van der Waals surface area contributed by atoms with E-state index in [9.17, 15) is 4.79 Å². The Hall–Kier alpha value is -2.64. The summed E-state index contributed by atoms with van der Waals surface area (Å²) >= 11 is 1.77. The number of amides is 1. The van der Waals surface area contributed by atoms with E-state index < -0.39 is 0 Å². The molecule has 28 heavy (non-hydrogen) atoms. The van der Waals surface area contributed by atoms with Crippen molar-refractivity contribution in [2.45, 2.75) is 18.7 Å². The van der Waals surface area contributed by atoms with Crippen molar-refractivity contribution in [2.24, 2.45) is 7.05 Å². The Labute approximate surface area is 167 Å². The number of aryl methyl sites for hydroxylation is 1. The van der Waals surface area contributed by atoms with Gasteiger partial charge in [0.2, 0.25) is 0 Å². The summed E-state index contributed by atoms with van der Waals surface area (Å²) in [5.41, 5.74) is 2.66. The van der Waals surface area contributed by atoms with Gasteiger partial charge in [0.1, 0.15) is 11.9 Å². The molecule has 7 heteroatoms. The molecule has 2 aliphatic heterocycles. The van der Waals surface area contributed by atoms with Gasteiger partial charge in [-0.2, -0.15) is 5.10 Å². The Bertz CT molecular complexity index is 1010. The maximum absolute atomic E-state index is 13.1. The highest BCUT2D eigenvalue weighted by Gasteiger charge is 2.42. The molecular formula is C21H22N4O2S. The van der Waals surface area contributed by atoms with Gasteiger partial charge >= 0.3 is 0 Å². The molecular weight excluding hydrogens is 372 g/mol. The molecule has 0 aliphatic carbocycles. The first-order valence-electron chi connectivity index (χ1n) is 9.40. The number of thiophene rings is 1. The van der Waals surface area contributed by atoms with Crippen LogP contribution in [-0.4, -0.2) is 57.8 Å². The number of nitrogens with zero attached hydrogens (tertiary/aromatic N) is 4. The first-order chi connectivity index (χ1) is 13.6. The largest absolute Gasteiger partial charge is 0.486 e. The minimum atomic E-state index is -0.0284. The summed E-state index contributed by atoms with van der Waals surface area (Å²) in [5.74, 6) is 0.696. The second kappa shape index (κ2) is 6.76. The number of carbonyl (C=O) groups excluding carboxylic acids is 1. The summed E-state index contributed by atoms with van der Waals surface area (Å²) in [6, 6.07) is 10.1. The van der Waals surface area contributed by atoms with E-state index >= 15 is 0 Å². The number of benzene rings is 1. The van der Waals surface area contributed by atoms with Crippen LogP contribution >= 0.6 is 11.3 Å². The zero-order chi connectivity index (χ0) is 19.3. The van der Waals surface area contributed by atoms with E-state index in [0.717, 1.165) is 30.8 Å². The third kappa shape index (κ3) is 3.00. The average molecular weight is 395 g/mol. The molecule has 1 saturated heterocycles. The summed E-state index contributed by atoms with van der Waals surface area (Å²) < 4.78 is 8.19. The van der Waals surface area contributed by atoms with Gasteiger partial charge in [-0.05, 0) is 29.1 Å². The maximum atomic E-state index is 13.1. The van der Waals surface area contributed by atoms with E-state index in [1.54, 1.807) is 16.0 Å². The van der Waals surface area contributed by atoms with Gasteiger partial charge in [0.15, 0.2) is 0 Å². The van der Waals surface area contributed by atoms with E-state index in [-0.39, 0.29) is 18.1 Å². The van der Waals surface area contributed by atoms with Gasteiger partial charge in [-0.15, -0.1) is 11.3 Å². The monoisotopic (exact) mass is 394 g/mol. The fourth-order valence-electron chi connectivity index (χ4n) is 4.12. The lowest BCUT2D eigenvalue weighted by molar-refractivity contribution is 0.0682. The second-order valence-electron chi connectivity index (χ2n) is 7.53. The van der Waals surface area contributed by atoms with Gasteiger partial charge in [-0.3, -0.25) is 14.4 Å². The van der Waals surface area contributed by atoms with Crippen LogP contribution in [-0.2, 0) is 13.6 Å². The molecule has 4 heterocycles. The summed E-state index contributed by atoms with van der Waals surface area (Å²) in [6.45, 7) is 2.55. The zero-order valence-corrected chi connectivity index (χ0v) is 16.7. The van der Waals surface area contributed by atoms with Crippen LogP contribution in [0.15, 0.2) is 48.1 Å². The van der Waals surface area contributed by atoms with Crippen molar-refractivity contribution in [1.82, 2.24) is 19.6 Å². The van der Waals surface area contributed by atoms with Crippen molar-refractivity contribution in [3.8, 4) is 16.9 Å². The Balaban J connectivity index is 1.44. The van der Waals surface area contributed by atoms with Crippen molar-refractivity contribution in [3.05, 3.63) is 58.5 Å². The van der Waals surface area contributed by atoms with E-state index in [0.29, 0.717) is 11.3 Å². The highest BCUT2D eigenvalue weighted by atomic mass is 32.1. The quantitative estimate of drug-likeness (QED) is 0.686. The number of hydrogen-bond acceptors (Lipinski definition) is 5. The second-order valence-corrected chi connectivity index (χ2v) is 8.56. The van der Waals surface area contributed by atoms with Crippen molar-refractivity contribution >= 4 is 17.2 Å². The van der Waals surface area contributed by atoms with Crippen LogP contribution in [0, 0.1) is 0 Å². The first kappa shape index (κ1) is 17.5. The highest BCUT2D eigenvalue weighted by molar-refractivity contribution is 7.09. The zero-order valence-electron chi connectivity index (χ0n) is 15.9. The van der Waals surface area contributed by atoms with Crippen LogP contribution in [0.2, 0.25) is 0 Å². The van der Waals surface area contributed by atoms with Crippen LogP contribution < -0.4 is 4.74 Å². The molecule has 0 radical (unpaired) electrons. The van der Waals surface area contributed by atoms with Crippen molar-refractivity contribution in [3.63, 3.8) is 0 Å². The van der Waals surface area contributed by atoms with Gasteiger partial charge < -0.3 is 9.64 Å². The number of aromatic nitrogens is 2. The van der Waals surface area contributed by atoms with E-state index in [1.807, 2.05) is 49.6 Å².